The van der Waals surface area contributed by atoms with Crippen molar-refractivity contribution in [1.29, 1.82) is 0 Å². The summed E-state index contributed by atoms with van der Waals surface area (Å²) >= 11 is 0. The molecule has 3 aromatic carbocycles. The number of benzene rings is 3. The van der Waals surface area contributed by atoms with E-state index < -0.39 is 5.97 Å². The molecular weight excluding hydrogens is 386 g/mol. The topological polar surface area (TPSA) is 55.4 Å². The van der Waals surface area contributed by atoms with E-state index in [1.165, 1.54) is 6.08 Å². The molecule has 0 aliphatic heterocycles. The Balaban J connectivity index is 1.65. The fourth-order valence-corrected chi connectivity index (χ4v) is 3.61. The molecule has 0 aliphatic carbocycles. The molecule has 0 unspecified atom stereocenters. The van der Waals surface area contributed by atoms with Gasteiger partial charge in [0.15, 0.2) is 6.61 Å². The predicted octanol–water partition coefficient (Wildman–Crippen LogP) is 6.28. The van der Waals surface area contributed by atoms with Crippen LogP contribution in [0.3, 0.4) is 0 Å². The maximum atomic E-state index is 12.5. The van der Waals surface area contributed by atoms with Crippen LogP contribution in [0.4, 0.5) is 5.69 Å². The fraction of sp³-hybridized carbons (Fsp3) is 0.259. The molecule has 0 saturated heterocycles. The van der Waals surface area contributed by atoms with Crippen LogP contribution in [-0.4, -0.2) is 18.5 Å². The molecule has 0 bridgehead atoms. The number of ether oxygens (including phenoxy) is 1. The minimum absolute atomic E-state index is 0.264. The van der Waals surface area contributed by atoms with Gasteiger partial charge in [-0.3, -0.25) is 4.79 Å². The van der Waals surface area contributed by atoms with Crippen molar-refractivity contribution < 1.29 is 14.3 Å². The van der Waals surface area contributed by atoms with Crippen LogP contribution in [0.25, 0.3) is 16.8 Å². The number of nitrogens with one attached hydrogen (secondary N) is 1. The van der Waals surface area contributed by atoms with Gasteiger partial charge in [-0.15, -0.1) is 0 Å². The van der Waals surface area contributed by atoms with Crippen LogP contribution in [0.15, 0.2) is 66.7 Å². The van der Waals surface area contributed by atoms with Crippen LogP contribution >= 0.6 is 0 Å². The molecule has 4 heteroatoms. The third-order valence-electron chi connectivity index (χ3n) is 5.21. The van der Waals surface area contributed by atoms with Gasteiger partial charge in [-0.2, -0.15) is 0 Å². The van der Waals surface area contributed by atoms with Gasteiger partial charge in [0.2, 0.25) is 0 Å². The van der Waals surface area contributed by atoms with Gasteiger partial charge in [-0.05, 0) is 45.4 Å². The highest BCUT2D eigenvalue weighted by molar-refractivity contribution is 5.97. The Bertz CT molecular complexity index is 1080. The van der Waals surface area contributed by atoms with Crippen molar-refractivity contribution in [3.63, 3.8) is 0 Å². The van der Waals surface area contributed by atoms with Crippen LogP contribution in [0, 0.1) is 0 Å². The van der Waals surface area contributed by atoms with E-state index in [1.807, 2.05) is 60.7 Å². The molecule has 3 rings (SSSR count). The molecule has 4 nitrogen and oxygen atoms in total. The first-order valence-corrected chi connectivity index (χ1v) is 10.6. The highest BCUT2D eigenvalue weighted by Gasteiger charge is 2.16. The molecule has 0 saturated carbocycles. The number of fused-ring (bicyclic) bond motifs is 1. The highest BCUT2D eigenvalue weighted by atomic mass is 16.5. The van der Waals surface area contributed by atoms with Gasteiger partial charge in [0.1, 0.15) is 0 Å². The second-order valence-electron chi connectivity index (χ2n) is 8.18. The van der Waals surface area contributed by atoms with Crippen molar-refractivity contribution in [2.24, 2.45) is 0 Å². The Morgan fingerprint density at radius 1 is 0.871 bits per heavy atom. The molecule has 1 N–H and O–H groups in total. The summed E-state index contributed by atoms with van der Waals surface area (Å²) < 4.78 is 5.17. The molecule has 0 heterocycles. The van der Waals surface area contributed by atoms with E-state index in [1.54, 1.807) is 6.08 Å². The van der Waals surface area contributed by atoms with E-state index in [4.69, 9.17) is 4.74 Å². The number of hydrogen-bond acceptors (Lipinski definition) is 3. The van der Waals surface area contributed by atoms with Gasteiger partial charge in [-0.25, -0.2) is 4.79 Å². The molecule has 1 amide bonds. The zero-order valence-electron chi connectivity index (χ0n) is 18.5. The Morgan fingerprint density at radius 2 is 1.48 bits per heavy atom. The lowest BCUT2D eigenvalue weighted by atomic mass is 9.92. The summed E-state index contributed by atoms with van der Waals surface area (Å²) in [6.45, 7) is 8.03. The largest absolute Gasteiger partial charge is 0.452 e. The van der Waals surface area contributed by atoms with Gasteiger partial charge < -0.3 is 10.1 Å². The molecule has 160 valence electrons. The van der Waals surface area contributed by atoms with Crippen molar-refractivity contribution in [2.45, 2.75) is 39.5 Å². The first kappa shape index (κ1) is 22.3. The SMILES string of the molecule is CC(C)c1cccc(C(C)C)c1NC(=O)COC(=O)C=Cc1cccc2ccccc12. The van der Waals surface area contributed by atoms with Crippen LogP contribution in [0.5, 0.6) is 0 Å². The van der Waals surface area contributed by atoms with Gasteiger partial charge in [-0.1, -0.05) is 88.4 Å². The Hall–Kier alpha value is -3.40. The zero-order valence-corrected chi connectivity index (χ0v) is 18.5. The molecule has 3 aromatic rings. The summed E-state index contributed by atoms with van der Waals surface area (Å²) in [5, 5.41) is 5.11. The predicted molar refractivity (Wildman–Crippen MR) is 127 cm³/mol. The molecule has 0 aromatic heterocycles. The third-order valence-corrected chi connectivity index (χ3v) is 5.21. The maximum Gasteiger partial charge on any atom is 0.331 e. The molecule has 0 radical (unpaired) electrons. The minimum Gasteiger partial charge on any atom is -0.452 e. The Labute approximate surface area is 183 Å². The second kappa shape index (κ2) is 10.1. The molecular formula is C27H29NO3. The van der Waals surface area contributed by atoms with Crippen LogP contribution in [0.1, 0.15) is 56.2 Å². The quantitative estimate of drug-likeness (QED) is 0.365. The second-order valence-corrected chi connectivity index (χ2v) is 8.18. The highest BCUT2D eigenvalue weighted by Crippen LogP contribution is 2.32. The number of rotatable bonds is 7. The molecule has 0 aliphatic rings. The van der Waals surface area contributed by atoms with E-state index >= 15 is 0 Å². The maximum absolute atomic E-state index is 12.5. The normalized spacial score (nSPS) is 11.4. The average molecular weight is 416 g/mol. The van der Waals surface area contributed by atoms with Crippen molar-refractivity contribution >= 4 is 34.4 Å². The summed E-state index contributed by atoms with van der Waals surface area (Å²) in [4.78, 5) is 24.7. The van der Waals surface area contributed by atoms with Gasteiger partial charge in [0.25, 0.3) is 5.91 Å². The van der Waals surface area contributed by atoms with E-state index in [2.05, 4.69) is 33.0 Å². The van der Waals surface area contributed by atoms with Gasteiger partial charge >= 0.3 is 5.97 Å². The number of esters is 1. The fourth-order valence-electron chi connectivity index (χ4n) is 3.61. The van der Waals surface area contributed by atoms with E-state index in [-0.39, 0.29) is 24.3 Å². The van der Waals surface area contributed by atoms with Gasteiger partial charge in [0, 0.05) is 11.8 Å². The van der Waals surface area contributed by atoms with Crippen molar-refractivity contribution in [3.05, 3.63) is 83.4 Å². The number of carbonyl (C=O) groups excluding carboxylic acids is 2. The monoisotopic (exact) mass is 415 g/mol. The summed E-state index contributed by atoms with van der Waals surface area (Å²) in [7, 11) is 0. The summed E-state index contributed by atoms with van der Waals surface area (Å²) in [6.07, 6.45) is 3.07. The molecule has 0 atom stereocenters. The number of para-hydroxylation sites is 1. The minimum atomic E-state index is -0.552. The van der Waals surface area contributed by atoms with E-state index in [0.717, 1.165) is 33.2 Å². The van der Waals surface area contributed by atoms with Crippen LogP contribution in [-0.2, 0) is 14.3 Å². The number of carbonyl (C=O) groups is 2. The molecule has 31 heavy (non-hydrogen) atoms. The third kappa shape index (κ3) is 5.60. The smallest absolute Gasteiger partial charge is 0.331 e. The van der Waals surface area contributed by atoms with Crippen molar-refractivity contribution in [1.82, 2.24) is 0 Å². The number of hydrogen-bond donors (Lipinski definition) is 1. The summed E-state index contributed by atoms with van der Waals surface area (Å²) in [5.41, 5.74) is 3.88. The molecule has 0 spiro atoms. The van der Waals surface area contributed by atoms with Crippen molar-refractivity contribution in [3.8, 4) is 0 Å². The number of amides is 1. The van der Waals surface area contributed by atoms with E-state index in [0.29, 0.717) is 0 Å². The van der Waals surface area contributed by atoms with Crippen LogP contribution < -0.4 is 5.32 Å². The zero-order chi connectivity index (χ0) is 22.4. The summed E-state index contributed by atoms with van der Waals surface area (Å²) in [6, 6.07) is 19.9. The standard InChI is InChI=1S/C27H29NO3/c1-18(2)22-13-8-14-23(19(3)4)27(22)28-25(29)17-31-26(30)16-15-21-11-7-10-20-9-5-6-12-24(20)21/h5-16,18-19H,17H2,1-4H3,(H,28,29). The van der Waals surface area contributed by atoms with Crippen molar-refractivity contribution in [2.75, 3.05) is 11.9 Å². The first-order chi connectivity index (χ1) is 14.9. The Kier molecular flexibility index (Phi) is 7.24. The Morgan fingerprint density at radius 3 is 2.16 bits per heavy atom. The number of anilines is 1. The van der Waals surface area contributed by atoms with E-state index in [9.17, 15) is 9.59 Å². The average Bonchev–Trinajstić information content (AvgIpc) is 2.76. The summed E-state index contributed by atoms with van der Waals surface area (Å²) in [5.74, 6) is -0.369. The first-order valence-electron chi connectivity index (χ1n) is 10.6. The lowest BCUT2D eigenvalue weighted by Crippen LogP contribution is -2.22. The van der Waals surface area contributed by atoms with Crippen LogP contribution in [0.2, 0.25) is 0 Å². The lowest BCUT2D eigenvalue weighted by molar-refractivity contribution is -0.142. The lowest BCUT2D eigenvalue weighted by Gasteiger charge is -2.20. The molecule has 0 fully saturated rings. The van der Waals surface area contributed by atoms with Gasteiger partial charge in [0.05, 0.1) is 0 Å².